The van der Waals surface area contributed by atoms with Crippen LogP contribution in [0.25, 0.3) is 11.1 Å². The summed E-state index contributed by atoms with van der Waals surface area (Å²) in [5, 5.41) is 9.64. The van der Waals surface area contributed by atoms with Crippen LogP contribution in [-0.4, -0.2) is 5.11 Å². The molecular formula is C13H8O. The van der Waals surface area contributed by atoms with E-state index in [1.807, 2.05) is 36.4 Å². The first kappa shape index (κ1) is 7.63. The summed E-state index contributed by atoms with van der Waals surface area (Å²) in [4.78, 5) is 0. The van der Waals surface area contributed by atoms with Crippen LogP contribution in [0.2, 0.25) is 0 Å². The van der Waals surface area contributed by atoms with Crippen LogP contribution in [0.1, 0.15) is 11.1 Å². The lowest BCUT2D eigenvalue weighted by Crippen LogP contribution is -1.77. The van der Waals surface area contributed by atoms with E-state index in [1.54, 1.807) is 6.07 Å². The second kappa shape index (κ2) is 2.61. The maximum Gasteiger partial charge on any atom is 0.120 e. The van der Waals surface area contributed by atoms with Gasteiger partial charge in [0.2, 0.25) is 0 Å². The molecule has 0 bridgehead atoms. The van der Waals surface area contributed by atoms with Gasteiger partial charge in [-0.3, -0.25) is 0 Å². The Bertz CT molecular complexity index is 500. The lowest BCUT2D eigenvalue weighted by Gasteiger charge is -2.00. The molecule has 2 aromatic carbocycles. The first-order valence-corrected chi connectivity index (χ1v) is 4.54. The van der Waals surface area contributed by atoms with Crippen LogP contribution in [-0.2, 0) is 0 Å². The van der Waals surface area contributed by atoms with Gasteiger partial charge in [0.25, 0.3) is 0 Å². The summed E-state index contributed by atoms with van der Waals surface area (Å²) in [5.74, 6) is 0.304. The van der Waals surface area contributed by atoms with Gasteiger partial charge in [0.05, 0.1) is 6.42 Å². The van der Waals surface area contributed by atoms with Gasteiger partial charge >= 0.3 is 0 Å². The van der Waals surface area contributed by atoms with E-state index < -0.39 is 0 Å². The Kier molecular flexibility index (Phi) is 1.42. The molecule has 0 heterocycles. The van der Waals surface area contributed by atoms with Gasteiger partial charge in [-0.05, 0) is 22.8 Å². The maximum atomic E-state index is 9.64. The molecule has 14 heavy (non-hydrogen) atoms. The third-order valence-electron chi connectivity index (χ3n) is 2.52. The van der Waals surface area contributed by atoms with Crippen molar-refractivity contribution >= 4 is 0 Å². The highest BCUT2D eigenvalue weighted by atomic mass is 16.3. The summed E-state index contributed by atoms with van der Waals surface area (Å²) >= 11 is 0. The molecule has 0 amide bonds. The SMILES string of the molecule is Oc1cccc2c1[C]c1ccccc1-2. The quantitative estimate of drug-likeness (QED) is 0.564. The molecule has 0 aromatic heterocycles. The molecule has 0 spiro atoms. The van der Waals surface area contributed by atoms with Crippen molar-refractivity contribution in [1.29, 1.82) is 0 Å². The third-order valence-corrected chi connectivity index (χ3v) is 2.52. The number of hydrogen-bond acceptors (Lipinski definition) is 1. The average molecular weight is 180 g/mol. The van der Waals surface area contributed by atoms with Gasteiger partial charge in [-0.2, -0.15) is 0 Å². The second-order valence-corrected chi connectivity index (χ2v) is 3.37. The molecular weight excluding hydrogens is 172 g/mol. The molecule has 2 aromatic rings. The van der Waals surface area contributed by atoms with Gasteiger partial charge in [0.1, 0.15) is 5.75 Å². The van der Waals surface area contributed by atoms with E-state index >= 15 is 0 Å². The van der Waals surface area contributed by atoms with E-state index in [9.17, 15) is 5.11 Å². The Morgan fingerprint density at radius 1 is 0.857 bits per heavy atom. The fourth-order valence-electron chi connectivity index (χ4n) is 1.86. The highest BCUT2D eigenvalue weighted by molar-refractivity contribution is 5.83. The zero-order valence-electron chi connectivity index (χ0n) is 7.49. The number of fused-ring (bicyclic) bond motifs is 3. The Morgan fingerprint density at radius 2 is 1.64 bits per heavy atom. The number of rotatable bonds is 0. The molecule has 2 radical (unpaired) electrons. The summed E-state index contributed by atoms with van der Waals surface area (Å²) in [6.07, 6.45) is 3.20. The van der Waals surface area contributed by atoms with Crippen LogP contribution in [0.3, 0.4) is 0 Å². The number of phenolic OH excluding ortho intramolecular Hbond substituents is 1. The van der Waals surface area contributed by atoms with E-state index in [-0.39, 0.29) is 0 Å². The van der Waals surface area contributed by atoms with Gasteiger partial charge in [0.15, 0.2) is 0 Å². The molecule has 66 valence electrons. The van der Waals surface area contributed by atoms with Crippen LogP contribution in [0, 0.1) is 6.42 Å². The van der Waals surface area contributed by atoms with Gasteiger partial charge < -0.3 is 5.11 Å². The molecule has 0 aliphatic heterocycles. The minimum absolute atomic E-state index is 0.304. The predicted octanol–water partition coefficient (Wildman–Crippen LogP) is 2.85. The average Bonchev–Trinajstić information content (AvgIpc) is 2.59. The minimum Gasteiger partial charge on any atom is -0.508 e. The Balaban J connectivity index is 2.33. The summed E-state index contributed by atoms with van der Waals surface area (Å²) < 4.78 is 0. The van der Waals surface area contributed by atoms with Crippen LogP contribution in [0.5, 0.6) is 5.75 Å². The van der Waals surface area contributed by atoms with Gasteiger partial charge in [-0.1, -0.05) is 36.4 Å². The van der Waals surface area contributed by atoms with Crippen molar-refractivity contribution in [2.45, 2.75) is 0 Å². The summed E-state index contributed by atoms with van der Waals surface area (Å²) in [6.45, 7) is 0. The van der Waals surface area contributed by atoms with Crippen molar-refractivity contribution in [2.24, 2.45) is 0 Å². The van der Waals surface area contributed by atoms with Gasteiger partial charge in [-0.25, -0.2) is 0 Å². The van der Waals surface area contributed by atoms with Gasteiger partial charge in [0, 0.05) is 5.56 Å². The standard InChI is InChI=1S/C13H8O/c14-13-7-3-6-11-10-5-2-1-4-9(10)8-12(11)13/h1-7,14H. The monoisotopic (exact) mass is 180 g/mol. The fourth-order valence-corrected chi connectivity index (χ4v) is 1.86. The van der Waals surface area contributed by atoms with E-state index in [2.05, 4.69) is 6.42 Å². The molecule has 0 unspecified atom stereocenters. The predicted molar refractivity (Wildman–Crippen MR) is 55.0 cm³/mol. The molecule has 0 fully saturated rings. The number of benzene rings is 2. The Labute approximate surface area is 82.6 Å². The van der Waals surface area contributed by atoms with Gasteiger partial charge in [-0.15, -0.1) is 0 Å². The van der Waals surface area contributed by atoms with E-state index in [1.165, 1.54) is 0 Å². The topological polar surface area (TPSA) is 20.2 Å². The lowest BCUT2D eigenvalue weighted by atomic mass is 10.1. The van der Waals surface area contributed by atoms with E-state index in [0.29, 0.717) is 5.75 Å². The lowest BCUT2D eigenvalue weighted by molar-refractivity contribution is 0.473. The summed E-state index contributed by atoms with van der Waals surface area (Å²) in [6, 6.07) is 13.6. The number of aromatic hydroxyl groups is 1. The summed E-state index contributed by atoms with van der Waals surface area (Å²) in [5.41, 5.74) is 4.09. The second-order valence-electron chi connectivity index (χ2n) is 3.37. The first-order valence-electron chi connectivity index (χ1n) is 4.54. The largest absolute Gasteiger partial charge is 0.508 e. The normalized spacial score (nSPS) is 12.3. The minimum atomic E-state index is 0.304. The maximum absolute atomic E-state index is 9.64. The molecule has 1 N–H and O–H groups in total. The third kappa shape index (κ3) is 0.896. The van der Waals surface area contributed by atoms with Crippen LogP contribution >= 0.6 is 0 Å². The van der Waals surface area contributed by atoms with Crippen LogP contribution < -0.4 is 0 Å². The number of hydrogen-bond donors (Lipinski definition) is 1. The first-order chi connectivity index (χ1) is 6.86. The fraction of sp³-hybridized carbons (Fsp3) is 0. The smallest absolute Gasteiger partial charge is 0.120 e. The molecule has 1 nitrogen and oxygen atoms in total. The Morgan fingerprint density at radius 3 is 2.57 bits per heavy atom. The highest BCUT2D eigenvalue weighted by Crippen LogP contribution is 2.41. The van der Waals surface area contributed by atoms with Crippen molar-refractivity contribution in [3.05, 3.63) is 60.0 Å². The van der Waals surface area contributed by atoms with Crippen molar-refractivity contribution in [3.8, 4) is 16.9 Å². The highest BCUT2D eigenvalue weighted by Gasteiger charge is 2.20. The van der Waals surface area contributed by atoms with Crippen molar-refractivity contribution in [1.82, 2.24) is 0 Å². The summed E-state index contributed by atoms with van der Waals surface area (Å²) in [7, 11) is 0. The van der Waals surface area contributed by atoms with E-state index in [0.717, 1.165) is 22.3 Å². The van der Waals surface area contributed by atoms with E-state index in [4.69, 9.17) is 0 Å². The molecule has 0 atom stereocenters. The number of phenols is 1. The van der Waals surface area contributed by atoms with Crippen LogP contribution in [0.15, 0.2) is 42.5 Å². The molecule has 0 saturated carbocycles. The van der Waals surface area contributed by atoms with Crippen molar-refractivity contribution < 1.29 is 5.11 Å². The molecule has 3 rings (SSSR count). The zero-order chi connectivity index (χ0) is 9.54. The zero-order valence-corrected chi connectivity index (χ0v) is 7.49. The van der Waals surface area contributed by atoms with Crippen molar-refractivity contribution in [3.63, 3.8) is 0 Å². The molecule has 1 aliphatic rings. The molecule has 1 heteroatoms. The molecule has 0 saturated heterocycles. The Hall–Kier alpha value is -1.76. The van der Waals surface area contributed by atoms with Crippen LogP contribution in [0.4, 0.5) is 0 Å². The molecule has 1 aliphatic carbocycles. The van der Waals surface area contributed by atoms with Crippen molar-refractivity contribution in [2.75, 3.05) is 0 Å².